The number of anilines is 1. The number of unbranched alkanes of at least 4 members (excludes halogenated alkanes) is 1. The topological polar surface area (TPSA) is 56.5 Å². The second-order valence-corrected chi connectivity index (χ2v) is 9.34. The van der Waals surface area contributed by atoms with Gasteiger partial charge in [0.05, 0.1) is 22.9 Å². The molecule has 0 bridgehead atoms. The number of hydrogen-bond donors (Lipinski definition) is 0. The Hall–Kier alpha value is -3.10. The van der Waals surface area contributed by atoms with Crippen LogP contribution in [0.15, 0.2) is 64.3 Å². The van der Waals surface area contributed by atoms with E-state index in [0.717, 1.165) is 29.8 Å². The first-order valence-electron chi connectivity index (χ1n) is 10.8. The molecule has 2 aromatic carbocycles. The van der Waals surface area contributed by atoms with Crippen LogP contribution in [0.25, 0.3) is 11.8 Å². The standard InChI is InChI=1S/C25H25N3O3S2/c1-4-5-15-31-20-14-10-9-11-18(20)16-21-23(29)27(25(32)33-21)22-17(2)26(3)28(24(22)30)19-12-7-6-8-13-19/h6-14,16H,4-5,15H2,1-3H3/b21-16-. The maximum absolute atomic E-state index is 13.4. The van der Waals surface area contributed by atoms with Crippen LogP contribution in [0.2, 0.25) is 0 Å². The number of nitrogens with zero attached hydrogens (tertiary/aromatic N) is 3. The Morgan fingerprint density at radius 1 is 1.06 bits per heavy atom. The molecule has 0 spiro atoms. The molecule has 1 fully saturated rings. The van der Waals surface area contributed by atoms with Crippen molar-refractivity contribution in [2.45, 2.75) is 26.7 Å². The van der Waals surface area contributed by atoms with Gasteiger partial charge in [-0.3, -0.25) is 19.2 Å². The Kier molecular flexibility index (Phi) is 6.85. The van der Waals surface area contributed by atoms with Gasteiger partial charge in [0, 0.05) is 12.6 Å². The summed E-state index contributed by atoms with van der Waals surface area (Å²) in [7, 11) is 1.80. The summed E-state index contributed by atoms with van der Waals surface area (Å²) < 4.78 is 9.52. The summed E-state index contributed by atoms with van der Waals surface area (Å²) in [5, 5.41) is 0. The summed E-state index contributed by atoms with van der Waals surface area (Å²) in [6.07, 6.45) is 3.78. The lowest BCUT2D eigenvalue weighted by Crippen LogP contribution is -2.33. The van der Waals surface area contributed by atoms with E-state index in [1.165, 1.54) is 16.7 Å². The summed E-state index contributed by atoms with van der Waals surface area (Å²) >= 11 is 6.73. The third kappa shape index (κ3) is 4.41. The van der Waals surface area contributed by atoms with Gasteiger partial charge in [0.25, 0.3) is 11.5 Å². The summed E-state index contributed by atoms with van der Waals surface area (Å²) in [6, 6.07) is 16.9. The van der Waals surface area contributed by atoms with E-state index < -0.39 is 0 Å². The fourth-order valence-electron chi connectivity index (χ4n) is 3.67. The molecule has 8 heteroatoms. The van der Waals surface area contributed by atoms with Gasteiger partial charge < -0.3 is 4.74 Å². The highest BCUT2D eigenvalue weighted by Gasteiger charge is 2.37. The smallest absolute Gasteiger partial charge is 0.296 e. The number of benzene rings is 2. The predicted molar refractivity (Wildman–Crippen MR) is 138 cm³/mol. The van der Waals surface area contributed by atoms with Gasteiger partial charge in [-0.1, -0.05) is 73.7 Å². The minimum atomic E-state index is -0.306. The highest BCUT2D eigenvalue weighted by molar-refractivity contribution is 8.27. The zero-order chi connectivity index (χ0) is 23.5. The van der Waals surface area contributed by atoms with E-state index >= 15 is 0 Å². The number of rotatable bonds is 7. The van der Waals surface area contributed by atoms with Crippen molar-refractivity contribution < 1.29 is 9.53 Å². The maximum atomic E-state index is 13.4. The number of carbonyl (C=O) groups is 1. The molecule has 0 N–H and O–H groups in total. The van der Waals surface area contributed by atoms with Crippen molar-refractivity contribution in [2.75, 3.05) is 11.5 Å². The summed E-state index contributed by atoms with van der Waals surface area (Å²) in [6.45, 7) is 4.54. The number of thiocarbonyl (C=S) groups is 1. The van der Waals surface area contributed by atoms with E-state index in [4.69, 9.17) is 17.0 Å². The third-order valence-corrected chi connectivity index (χ3v) is 6.80. The normalized spacial score (nSPS) is 15.0. The zero-order valence-corrected chi connectivity index (χ0v) is 20.4. The lowest BCUT2D eigenvalue weighted by molar-refractivity contribution is -0.113. The van der Waals surface area contributed by atoms with Gasteiger partial charge in [-0.05, 0) is 37.6 Å². The van der Waals surface area contributed by atoms with Crippen molar-refractivity contribution in [3.63, 3.8) is 0 Å². The van der Waals surface area contributed by atoms with Crippen molar-refractivity contribution >= 4 is 46.0 Å². The first kappa shape index (κ1) is 23.1. The Morgan fingerprint density at radius 3 is 2.48 bits per heavy atom. The molecule has 0 unspecified atom stereocenters. The second kappa shape index (κ2) is 9.80. The number of hydrogen-bond acceptors (Lipinski definition) is 5. The van der Waals surface area contributed by atoms with Gasteiger partial charge in [0.2, 0.25) is 0 Å². The van der Waals surface area contributed by atoms with Crippen molar-refractivity contribution in [3.05, 3.63) is 81.1 Å². The largest absolute Gasteiger partial charge is 0.493 e. The monoisotopic (exact) mass is 479 g/mol. The number of para-hydroxylation sites is 2. The van der Waals surface area contributed by atoms with Gasteiger partial charge >= 0.3 is 0 Å². The Morgan fingerprint density at radius 2 is 1.76 bits per heavy atom. The van der Waals surface area contributed by atoms with Crippen molar-refractivity contribution in [3.8, 4) is 11.4 Å². The molecule has 4 rings (SSSR count). The van der Waals surface area contributed by atoms with Crippen LogP contribution in [0, 0.1) is 6.92 Å². The molecule has 1 amide bonds. The number of aromatic nitrogens is 2. The molecule has 2 heterocycles. The molecule has 0 atom stereocenters. The van der Waals surface area contributed by atoms with Gasteiger partial charge in [-0.15, -0.1) is 0 Å². The summed E-state index contributed by atoms with van der Waals surface area (Å²) in [5.41, 5.74) is 2.17. The highest BCUT2D eigenvalue weighted by Crippen LogP contribution is 2.37. The van der Waals surface area contributed by atoms with Crippen LogP contribution in [0.5, 0.6) is 5.75 Å². The van der Waals surface area contributed by atoms with E-state index in [1.54, 1.807) is 22.5 Å². The maximum Gasteiger partial charge on any atom is 0.296 e. The van der Waals surface area contributed by atoms with E-state index in [1.807, 2.05) is 61.5 Å². The van der Waals surface area contributed by atoms with Gasteiger partial charge in [-0.25, -0.2) is 4.68 Å². The Labute approximate surface area is 202 Å². The molecule has 0 aliphatic carbocycles. The fourth-order valence-corrected chi connectivity index (χ4v) is 4.93. The molecule has 1 aromatic heterocycles. The second-order valence-electron chi connectivity index (χ2n) is 7.67. The average Bonchev–Trinajstić information content (AvgIpc) is 3.20. The number of thioether (sulfide) groups is 1. The highest BCUT2D eigenvalue weighted by atomic mass is 32.2. The minimum absolute atomic E-state index is 0.278. The predicted octanol–water partition coefficient (Wildman–Crippen LogP) is 5.07. The van der Waals surface area contributed by atoms with Crippen molar-refractivity contribution in [1.82, 2.24) is 9.36 Å². The van der Waals surface area contributed by atoms with Crippen LogP contribution in [-0.4, -0.2) is 26.2 Å². The number of carbonyl (C=O) groups excluding carboxylic acids is 1. The first-order valence-corrected chi connectivity index (χ1v) is 12.0. The van der Waals surface area contributed by atoms with Crippen molar-refractivity contribution in [1.29, 1.82) is 0 Å². The molecule has 170 valence electrons. The third-order valence-electron chi connectivity index (χ3n) is 5.50. The van der Waals surface area contributed by atoms with Gasteiger partial charge in [0.1, 0.15) is 11.4 Å². The molecule has 33 heavy (non-hydrogen) atoms. The van der Waals surface area contributed by atoms with Crippen LogP contribution in [0.1, 0.15) is 31.0 Å². The van der Waals surface area contributed by atoms with Gasteiger partial charge in [0.15, 0.2) is 4.32 Å². The van der Waals surface area contributed by atoms with Crippen LogP contribution >= 0.6 is 24.0 Å². The Bertz CT molecular complexity index is 1290. The quantitative estimate of drug-likeness (QED) is 0.269. The SMILES string of the molecule is CCCCOc1ccccc1/C=C1\SC(=S)N(c2c(C)n(C)n(-c3ccccc3)c2=O)C1=O. The zero-order valence-electron chi connectivity index (χ0n) is 18.8. The number of amides is 1. The lowest BCUT2D eigenvalue weighted by Gasteiger charge is -2.12. The molecule has 1 aliphatic rings. The molecular formula is C25H25N3O3S2. The van der Waals surface area contributed by atoms with Gasteiger partial charge in [-0.2, -0.15) is 0 Å². The molecule has 3 aromatic rings. The molecule has 0 saturated carbocycles. The van der Waals surface area contributed by atoms with Crippen LogP contribution < -0.4 is 15.2 Å². The van der Waals surface area contributed by atoms with Crippen LogP contribution in [0.4, 0.5) is 5.69 Å². The average molecular weight is 480 g/mol. The summed E-state index contributed by atoms with van der Waals surface area (Å²) in [5.74, 6) is 0.415. The Balaban J connectivity index is 1.71. The lowest BCUT2D eigenvalue weighted by atomic mass is 10.2. The molecule has 1 aliphatic heterocycles. The van der Waals surface area contributed by atoms with E-state index in [-0.39, 0.29) is 17.2 Å². The molecular weight excluding hydrogens is 454 g/mol. The van der Waals surface area contributed by atoms with E-state index in [9.17, 15) is 9.59 Å². The van der Waals surface area contributed by atoms with E-state index in [0.29, 0.717) is 21.5 Å². The first-order chi connectivity index (χ1) is 15.9. The van der Waals surface area contributed by atoms with Crippen molar-refractivity contribution in [2.24, 2.45) is 7.05 Å². The molecule has 0 radical (unpaired) electrons. The number of ether oxygens (including phenoxy) is 1. The fraction of sp³-hybridized carbons (Fsp3) is 0.240. The van der Waals surface area contributed by atoms with Crippen LogP contribution in [0.3, 0.4) is 0 Å². The minimum Gasteiger partial charge on any atom is -0.493 e. The van der Waals surface area contributed by atoms with E-state index in [2.05, 4.69) is 6.92 Å². The summed E-state index contributed by atoms with van der Waals surface area (Å²) in [4.78, 5) is 28.6. The molecule has 1 saturated heterocycles. The molecule has 6 nitrogen and oxygen atoms in total. The van der Waals surface area contributed by atoms with Crippen LogP contribution in [-0.2, 0) is 11.8 Å².